The fraction of sp³-hybridized carbons (Fsp3) is 0.364. The van der Waals surface area contributed by atoms with Gasteiger partial charge in [-0.05, 0) is 24.1 Å². The maximum Gasteiger partial charge on any atom is 0.306 e. The maximum absolute atomic E-state index is 11.1. The third-order valence-electron chi connectivity index (χ3n) is 2.01. The summed E-state index contributed by atoms with van der Waals surface area (Å²) in [5.41, 5.74) is 0.733. The Bertz CT molecular complexity index is 361. The number of benzene rings is 1. The van der Waals surface area contributed by atoms with Crippen LogP contribution in [0, 0.1) is 0 Å². The molecule has 0 aliphatic carbocycles. The first kappa shape index (κ1) is 12.3. The van der Waals surface area contributed by atoms with Crippen LogP contribution in [0.2, 0.25) is 0 Å². The lowest BCUT2D eigenvalue weighted by Gasteiger charge is -2.04. The van der Waals surface area contributed by atoms with Crippen LogP contribution in [-0.4, -0.2) is 34.5 Å². The van der Waals surface area contributed by atoms with E-state index in [2.05, 4.69) is 4.74 Å². The summed E-state index contributed by atoms with van der Waals surface area (Å²) in [6.07, 6.45) is 0.586. The predicted octanol–water partition coefficient (Wildman–Crippen LogP) is 0.566. The third kappa shape index (κ3) is 3.78. The van der Waals surface area contributed by atoms with Crippen molar-refractivity contribution in [1.29, 1.82) is 0 Å². The number of aromatic hydroxyl groups is 2. The molecule has 0 aliphatic rings. The summed E-state index contributed by atoms with van der Waals surface area (Å²) >= 11 is 0. The van der Waals surface area contributed by atoms with Crippen LogP contribution in [0.25, 0.3) is 0 Å². The molecule has 0 unspecified atom stereocenters. The molecule has 1 rings (SSSR count). The number of phenolic OH excluding ortho intramolecular Hbond substituents is 2. The highest BCUT2D eigenvalue weighted by atomic mass is 16.5. The molecule has 5 nitrogen and oxygen atoms in total. The molecule has 0 saturated heterocycles. The largest absolute Gasteiger partial charge is 0.504 e. The maximum atomic E-state index is 11.1. The number of carbonyl (C=O) groups excluding carboxylic acids is 1. The molecular weight excluding hydrogens is 212 g/mol. The number of carbonyl (C=O) groups is 1. The van der Waals surface area contributed by atoms with E-state index in [1.54, 1.807) is 6.07 Å². The van der Waals surface area contributed by atoms with Gasteiger partial charge in [-0.15, -0.1) is 0 Å². The van der Waals surface area contributed by atoms with Gasteiger partial charge in [-0.1, -0.05) is 6.07 Å². The smallest absolute Gasteiger partial charge is 0.306 e. The van der Waals surface area contributed by atoms with Crippen LogP contribution in [0.3, 0.4) is 0 Å². The Balaban J connectivity index is 2.42. The van der Waals surface area contributed by atoms with Crippen LogP contribution in [0.1, 0.15) is 12.0 Å². The van der Waals surface area contributed by atoms with Crippen molar-refractivity contribution >= 4 is 5.97 Å². The first-order valence-corrected chi connectivity index (χ1v) is 4.91. The monoisotopic (exact) mass is 226 g/mol. The molecule has 3 N–H and O–H groups in total. The normalized spacial score (nSPS) is 10.1. The summed E-state index contributed by atoms with van der Waals surface area (Å²) in [6.45, 7) is -0.189. The number of esters is 1. The number of rotatable bonds is 5. The average Bonchev–Trinajstić information content (AvgIpc) is 2.28. The Morgan fingerprint density at radius 3 is 2.62 bits per heavy atom. The molecule has 88 valence electrons. The number of ether oxygens (including phenoxy) is 1. The summed E-state index contributed by atoms with van der Waals surface area (Å²) < 4.78 is 4.67. The fourth-order valence-corrected chi connectivity index (χ4v) is 1.20. The van der Waals surface area contributed by atoms with Crippen LogP contribution >= 0.6 is 0 Å². The van der Waals surface area contributed by atoms with Crippen molar-refractivity contribution in [3.63, 3.8) is 0 Å². The van der Waals surface area contributed by atoms with Gasteiger partial charge in [0.2, 0.25) is 0 Å². The quantitative estimate of drug-likeness (QED) is 0.504. The summed E-state index contributed by atoms with van der Waals surface area (Å²) in [6, 6.07) is 4.38. The number of hydrogen-bond donors (Lipinski definition) is 3. The summed E-state index contributed by atoms with van der Waals surface area (Å²) in [5.74, 6) is -0.797. The van der Waals surface area contributed by atoms with Gasteiger partial charge >= 0.3 is 5.97 Å². The molecule has 0 fully saturated rings. The molecule has 5 heteroatoms. The van der Waals surface area contributed by atoms with Gasteiger partial charge in [-0.3, -0.25) is 4.79 Å². The van der Waals surface area contributed by atoms with E-state index in [0.29, 0.717) is 6.42 Å². The Hall–Kier alpha value is -1.75. The molecule has 1 aromatic carbocycles. The van der Waals surface area contributed by atoms with E-state index in [-0.39, 0.29) is 31.1 Å². The van der Waals surface area contributed by atoms with Crippen molar-refractivity contribution < 1.29 is 24.9 Å². The third-order valence-corrected chi connectivity index (χ3v) is 2.01. The highest BCUT2D eigenvalue weighted by molar-refractivity contribution is 5.69. The molecule has 16 heavy (non-hydrogen) atoms. The summed E-state index contributed by atoms with van der Waals surface area (Å²) in [4.78, 5) is 11.1. The number of aryl methyl sites for hydroxylation is 1. The Morgan fingerprint density at radius 2 is 2.00 bits per heavy atom. The minimum absolute atomic E-state index is 0.000336. The van der Waals surface area contributed by atoms with Gasteiger partial charge in [0.1, 0.15) is 6.61 Å². The van der Waals surface area contributed by atoms with Gasteiger partial charge in [-0.2, -0.15) is 0 Å². The first-order valence-electron chi connectivity index (χ1n) is 4.91. The molecular formula is C11H14O5. The summed E-state index contributed by atoms with van der Waals surface area (Å²) in [7, 11) is 0. The van der Waals surface area contributed by atoms with E-state index < -0.39 is 5.97 Å². The Labute approximate surface area is 92.9 Å². The van der Waals surface area contributed by atoms with Crippen LogP contribution < -0.4 is 0 Å². The number of aliphatic hydroxyl groups excluding tert-OH is 1. The topological polar surface area (TPSA) is 87.0 Å². The van der Waals surface area contributed by atoms with E-state index >= 15 is 0 Å². The van der Waals surface area contributed by atoms with Crippen molar-refractivity contribution in [1.82, 2.24) is 0 Å². The van der Waals surface area contributed by atoms with Crippen LogP contribution in [0.5, 0.6) is 11.5 Å². The lowest BCUT2D eigenvalue weighted by atomic mass is 10.1. The lowest BCUT2D eigenvalue weighted by molar-refractivity contribution is -0.144. The standard InChI is InChI=1S/C11H14O5/c12-5-6-16-11(15)4-2-8-1-3-9(13)10(14)7-8/h1,3,7,12-14H,2,4-6H2. The van der Waals surface area contributed by atoms with Crippen molar-refractivity contribution in [2.45, 2.75) is 12.8 Å². The second-order valence-corrected chi connectivity index (χ2v) is 3.27. The molecule has 0 amide bonds. The van der Waals surface area contributed by atoms with Crippen LogP contribution in [0.15, 0.2) is 18.2 Å². The van der Waals surface area contributed by atoms with E-state index in [1.165, 1.54) is 12.1 Å². The van der Waals surface area contributed by atoms with Crippen LogP contribution in [0.4, 0.5) is 0 Å². The molecule has 0 spiro atoms. The zero-order chi connectivity index (χ0) is 12.0. The van der Waals surface area contributed by atoms with Gasteiger partial charge < -0.3 is 20.1 Å². The predicted molar refractivity (Wildman–Crippen MR) is 56.1 cm³/mol. The zero-order valence-corrected chi connectivity index (χ0v) is 8.72. The zero-order valence-electron chi connectivity index (χ0n) is 8.72. The summed E-state index contributed by atoms with van der Waals surface area (Å²) in [5, 5.41) is 26.7. The minimum atomic E-state index is -0.401. The van der Waals surface area contributed by atoms with E-state index in [1.807, 2.05) is 0 Å². The molecule has 0 aromatic heterocycles. The Kier molecular flexibility index (Phi) is 4.60. The second-order valence-electron chi connectivity index (χ2n) is 3.27. The van der Waals surface area contributed by atoms with Crippen LogP contribution in [-0.2, 0) is 16.0 Å². The number of phenols is 2. The number of hydrogen-bond acceptors (Lipinski definition) is 5. The lowest BCUT2D eigenvalue weighted by Crippen LogP contribution is -2.09. The average molecular weight is 226 g/mol. The Morgan fingerprint density at radius 1 is 1.25 bits per heavy atom. The molecule has 0 aliphatic heterocycles. The number of aliphatic hydroxyl groups is 1. The van der Waals surface area contributed by atoms with Gasteiger partial charge in [0.05, 0.1) is 6.61 Å². The molecule has 1 aromatic rings. The van der Waals surface area contributed by atoms with Crippen molar-refractivity contribution in [2.75, 3.05) is 13.2 Å². The van der Waals surface area contributed by atoms with Crippen molar-refractivity contribution in [2.24, 2.45) is 0 Å². The molecule has 0 saturated carbocycles. The van der Waals surface area contributed by atoms with Crippen molar-refractivity contribution in [3.05, 3.63) is 23.8 Å². The van der Waals surface area contributed by atoms with Crippen molar-refractivity contribution in [3.8, 4) is 11.5 Å². The van der Waals surface area contributed by atoms with Gasteiger partial charge in [0, 0.05) is 6.42 Å². The second kappa shape index (κ2) is 5.97. The fourth-order valence-electron chi connectivity index (χ4n) is 1.20. The molecule has 0 bridgehead atoms. The van der Waals surface area contributed by atoms with Gasteiger partial charge in [0.25, 0.3) is 0 Å². The highest BCUT2D eigenvalue weighted by Gasteiger charge is 2.05. The first-order chi connectivity index (χ1) is 7.63. The SMILES string of the molecule is O=C(CCc1ccc(O)c(O)c1)OCCO. The van der Waals surface area contributed by atoms with E-state index in [4.69, 9.17) is 10.2 Å². The molecule has 0 atom stereocenters. The van der Waals surface area contributed by atoms with E-state index in [9.17, 15) is 9.90 Å². The molecule has 0 radical (unpaired) electrons. The molecule has 0 heterocycles. The van der Waals surface area contributed by atoms with E-state index in [0.717, 1.165) is 5.56 Å². The highest BCUT2D eigenvalue weighted by Crippen LogP contribution is 2.25. The minimum Gasteiger partial charge on any atom is -0.504 e. The van der Waals surface area contributed by atoms with Gasteiger partial charge in [0.15, 0.2) is 11.5 Å². The van der Waals surface area contributed by atoms with Gasteiger partial charge in [-0.25, -0.2) is 0 Å².